The highest BCUT2D eigenvalue weighted by Gasteiger charge is 1.94. The van der Waals surface area contributed by atoms with Crippen LogP contribution in [0.1, 0.15) is 143 Å². The van der Waals surface area contributed by atoms with E-state index >= 15 is 0 Å². The van der Waals surface area contributed by atoms with E-state index in [2.05, 4.69) is 102 Å². The van der Waals surface area contributed by atoms with Crippen LogP contribution in [0.15, 0.2) is 60.7 Å². The predicted octanol–water partition coefficient (Wildman–Crippen LogP) is 11.0. The molecule has 0 saturated carbocycles. The number of benzene rings is 2. The molecule has 0 nitrogen and oxygen atoms in total. The third-order valence-corrected chi connectivity index (χ3v) is 6.40. The predicted molar refractivity (Wildman–Crippen MR) is 197 cm³/mol. The van der Waals surface area contributed by atoms with Gasteiger partial charge in [-0.1, -0.05) is 192 Å². The van der Waals surface area contributed by atoms with Crippen LogP contribution in [0.3, 0.4) is 0 Å². The largest absolute Gasteiger partial charge is 0.0903 e. The van der Waals surface area contributed by atoms with Crippen molar-refractivity contribution >= 4 is 36.9 Å². The Morgan fingerprint density at radius 3 is 1.05 bits per heavy atom. The fraction of sp³-hybridized carbons (Fsp3) is 0.667. The second kappa shape index (κ2) is 40.9. The Balaban J connectivity index is -0.000000488. The SMILES string of the molecule is CCCCCC.CCCCCC.[B]B([B])CCCC.[B][B]CCCC.c1ccc(CCCCc2ccccc2)cc1. The average molecular weight is 551 g/mol. The van der Waals surface area contributed by atoms with Crippen LogP contribution >= 0.6 is 0 Å². The highest BCUT2D eigenvalue weighted by Crippen LogP contribution is 2.08. The van der Waals surface area contributed by atoms with Crippen LogP contribution in [-0.4, -0.2) is 36.9 Å². The van der Waals surface area contributed by atoms with Crippen molar-refractivity contribution in [3.8, 4) is 0 Å². The number of hydrogen-bond donors (Lipinski definition) is 0. The number of hydrogen-bond acceptors (Lipinski definition) is 0. The minimum absolute atomic E-state index is 0.0973. The van der Waals surface area contributed by atoms with Crippen LogP contribution in [-0.2, 0) is 12.8 Å². The Morgan fingerprint density at radius 1 is 0.488 bits per heavy atom. The first-order chi connectivity index (χ1) is 20.0. The van der Waals surface area contributed by atoms with Crippen molar-refractivity contribution in [2.45, 2.75) is 157 Å². The molecule has 0 amide bonds. The van der Waals surface area contributed by atoms with Gasteiger partial charge in [0.25, 0.3) is 0 Å². The molecular formula is C36H64B5. The summed E-state index contributed by atoms with van der Waals surface area (Å²) in [4.78, 5) is 0. The van der Waals surface area contributed by atoms with E-state index in [1.807, 2.05) is 0 Å². The topological polar surface area (TPSA) is 0 Å². The lowest BCUT2D eigenvalue weighted by molar-refractivity contribution is 0.702. The third kappa shape index (κ3) is 43.4. The van der Waals surface area contributed by atoms with E-state index in [4.69, 9.17) is 23.2 Å². The average Bonchev–Trinajstić information content (AvgIpc) is 3.01. The maximum Gasteiger partial charge on any atom is 0.0544 e. The summed E-state index contributed by atoms with van der Waals surface area (Å²) in [5, 5.41) is 0. The molecule has 2 rings (SSSR count). The van der Waals surface area contributed by atoms with Crippen LogP contribution in [0.5, 0.6) is 0 Å². The van der Waals surface area contributed by atoms with Gasteiger partial charge in [0.2, 0.25) is 0 Å². The maximum atomic E-state index is 5.26. The molecule has 0 fully saturated rings. The van der Waals surface area contributed by atoms with Gasteiger partial charge in [0, 0.05) is 29.7 Å². The van der Waals surface area contributed by atoms with E-state index in [0.717, 1.165) is 19.1 Å². The molecule has 5 heteroatoms. The molecular weight excluding hydrogens is 486 g/mol. The van der Waals surface area contributed by atoms with E-state index < -0.39 is 0 Å². The minimum atomic E-state index is -0.0973. The maximum absolute atomic E-state index is 5.26. The monoisotopic (exact) mass is 552 g/mol. The second-order valence-corrected chi connectivity index (χ2v) is 10.8. The van der Waals surface area contributed by atoms with Crippen molar-refractivity contribution in [2.75, 3.05) is 0 Å². The van der Waals surface area contributed by atoms with Crippen LogP contribution in [0.2, 0.25) is 12.6 Å². The van der Waals surface area contributed by atoms with E-state index in [9.17, 15) is 0 Å². The van der Waals surface area contributed by atoms with Gasteiger partial charge in [-0.05, 0) is 36.8 Å². The quantitative estimate of drug-likeness (QED) is 0.136. The van der Waals surface area contributed by atoms with Gasteiger partial charge >= 0.3 is 0 Å². The van der Waals surface area contributed by atoms with Gasteiger partial charge in [-0.3, -0.25) is 0 Å². The molecule has 0 aliphatic carbocycles. The summed E-state index contributed by atoms with van der Waals surface area (Å²) >= 11 is 0. The molecule has 0 N–H and O–H groups in total. The molecule has 0 atom stereocenters. The Kier molecular flexibility index (Phi) is 44.1. The first-order valence-electron chi connectivity index (χ1n) is 17.1. The lowest BCUT2D eigenvalue weighted by Crippen LogP contribution is -2.11. The first-order valence-corrected chi connectivity index (χ1v) is 17.1. The van der Waals surface area contributed by atoms with E-state index in [1.165, 1.54) is 107 Å². The zero-order valence-electron chi connectivity index (χ0n) is 28.4. The molecule has 41 heavy (non-hydrogen) atoms. The summed E-state index contributed by atoms with van der Waals surface area (Å²) in [5.74, 6) is 0. The van der Waals surface area contributed by atoms with E-state index in [0.29, 0.717) is 0 Å². The second-order valence-electron chi connectivity index (χ2n) is 10.8. The molecule has 0 aromatic heterocycles. The summed E-state index contributed by atoms with van der Waals surface area (Å²) in [7, 11) is 17.3. The molecule has 7 radical (unpaired) electrons. The Morgan fingerprint density at radius 2 is 0.829 bits per heavy atom. The van der Waals surface area contributed by atoms with Gasteiger partial charge in [-0.15, -0.1) is 0 Å². The molecule has 0 aliphatic heterocycles. The Hall–Kier alpha value is -1.24. The molecule has 0 spiro atoms. The van der Waals surface area contributed by atoms with Crippen molar-refractivity contribution in [3.63, 3.8) is 0 Å². The van der Waals surface area contributed by atoms with Gasteiger partial charge in [0.15, 0.2) is 0 Å². The summed E-state index contributed by atoms with van der Waals surface area (Å²) in [6.45, 7) is 13.1. The van der Waals surface area contributed by atoms with Gasteiger partial charge in [-0.2, -0.15) is 0 Å². The van der Waals surface area contributed by atoms with Crippen molar-refractivity contribution < 1.29 is 0 Å². The van der Waals surface area contributed by atoms with Crippen LogP contribution in [0.4, 0.5) is 0 Å². The fourth-order valence-corrected chi connectivity index (χ4v) is 3.71. The molecule has 2 aromatic carbocycles. The Bertz CT molecular complexity index is 592. The minimum Gasteiger partial charge on any atom is -0.0903 e. The number of aryl methyl sites for hydroxylation is 2. The molecule has 223 valence electrons. The molecule has 0 saturated heterocycles. The third-order valence-electron chi connectivity index (χ3n) is 6.40. The van der Waals surface area contributed by atoms with E-state index in [1.54, 1.807) is 7.17 Å². The first kappa shape index (κ1) is 44.2. The van der Waals surface area contributed by atoms with Crippen LogP contribution < -0.4 is 0 Å². The highest BCUT2D eigenvalue weighted by atomic mass is 14.0. The smallest absolute Gasteiger partial charge is 0.0544 e. The molecule has 0 heterocycles. The van der Waals surface area contributed by atoms with Crippen molar-refractivity contribution in [3.05, 3.63) is 71.8 Å². The van der Waals surface area contributed by atoms with Gasteiger partial charge < -0.3 is 0 Å². The number of unbranched alkanes of at least 4 members (excludes halogenated alkanes) is 9. The van der Waals surface area contributed by atoms with Crippen molar-refractivity contribution in [1.82, 2.24) is 0 Å². The highest BCUT2D eigenvalue weighted by molar-refractivity contribution is 7.29. The van der Waals surface area contributed by atoms with Crippen molar-refractivity contribution in [1.29, 1.82) is 0 Å². The summed E-state index contributed by atoms with van der Waals surface area (Å²) in [5.41, 5.74) is 2.91. The molecule has 0 unspecified atom stereocenters. The van der Waals surface area contributed by atoms with Crippen LogP contribution in [0.25, 0.3) is 0 Å². The molecule has 2 aromatic rings. The zero-order valence-corrected chi connectivity index (χ0v) is 28.4. The lowest BCUT2D eigenvalue weighted by atomic mass is 9.18. The van der Waals surface area contributed by atoms with Crippen LogP contribution in [0, 0.1) is 0 Å². The van der Waals surface area contributed by atoms with Gasteiger partial charge in [0.05, 0.1) is 7.17 Å². The lowest BCUT2D eigenvalue weighted by Gasteiger charge is -2.02. The van der Waals surface area contributed by atoms with Crippen molar-refractivity contribution in [2.24, 2.45) is 0 Å². The molecule has 0 bridgehead atoms. The Labute approximate surface area is 264 Å². The summed E-state index contributed by atoms with van der Waals surface area (Å²) < 4.78 is 0. The van der Waals surface area contributed by atoms with Gasteiger partial charge in [0.1, 0.15) is 0 Å². The summed E-state index contributed by atoms with van der Waals surface area (Å²) in [6.07, 6.45) is 22.9. The van der Waals surface area contributed by atoms with Gasteiger partial charge in [-0.25, -0.2) is 0 Å². The summed E-state index contributed by atoms with van der Waals surface area (Å²) in [6, 6.07) is 21.5. The molecule has 0 aliphatic rings. The normalized spacial score (nSPS) is 9.32. The zero-order chi connectivity index (χ0) is 31.2. The standard InChI is InChI=1S/C16H18.2C6H14.C4H9B3.C4H9B2/c1-3-9-15(10-4-1)13-7-8-14-16-11-5-2-6-12-16;2*1-3-5-6-4-2;1-2-3-4-7(5)6;1-2-3-4-6-5/h1-6,9-12H,7-8,13-14H2;2*3-6H2,1-2H3;2-4H2,1H3;2-4H2,1H3. The van der Waals surface area contributed by atoms with E-state index in [-0.39, 0.29) is 6.49 Å². The fourth-order valence-electron chi connectivity index (χ4n) is 3.71. The number of rotatable bonds is 17.